The summed E-state index contributed by atoms with van der Waals surface area (Å²) >= 11 is 5.76. The van der Waals surface area contributed by atoms with Crippen molar-refractivity contribution in [3.8, 4) is 0 Å². The van der Waals surface area contributed by atoms with Gasteiger partial charge in [0.15, 0.2) is 0 Å². The average Bonchev–Trinajstić information content (AvgIpc) is 2.40. The molecule has 1 unspecified atom stereocenters. The first-order valence-corrected chi connectivity index (χ1v) is 6.24. The smallest absolute Gasteiger partial charge is 0.382 e. The standard InChI is InChI=1S/C11H15ClF3N3O3/c1-20-5-7(21-2)3-16-8-4-17-18(6-11(13,14)15)10(19)9(8)12/h4,7,16H,3,5-6H2,1-2H3. The zero-order chi connectivity index (χ0) is 16.0. The molecule has 1 rings (SSSR count). The minimum absolute atomic E-state index is 0.137. The summed E-state index contributed by atoms with van der Waals surface area (Å²) in [7, 11) is 2.98. The molecule has 10 heteroatoms. The van der Waals surface area contributed by atoms with E-state index in [4.69, 9.17) is 21.1 Å². The van der Waals surface area contributed by atoms with Crippen LogP contribution in [0, 0.1) is 0 Å². The molecule has 1 heterocycles. The highest BCUT2D eigenvalue weighted by molar-refractivity contribution is 6.32. The Bertz CT molecular complexity index is 522. The van der Waals surface area contributed by atoms with E-state index in [1.165, 1.54) is 14.2 Å². The summed E-state index contributed by atoms with van der Waals surface area (Å²) in [5.74, 6) is 0. The lowest BCUT2D eigenvalue weighted by Gasteiger charge is -2.16. The number of nitrogens with zero attached hydrogens (tertiary/aromatic N) is 2. The number of alkyl halides is 3. The molecule has 0 amide bonds. The monoisotopic (exact) mass is 329 g/mol. The van der Waals surface area contributed by atoms with Gasteiger partial charge in [0.25, 0.3) is 5.56 Å². The Morgan fingerprint density at radius 1 is 1.48 bits per heavy atom. The van der Waals surface area contributed by atoms with Crippen LogP contribution in [0.1, 0.15) is 0 Å². The van der Waals surface area contributed by atoms with Crippen molar-refractivity contribution < 1.29 is 22.6 Å². The van der Waals surface area contributed by atoms with Crippen LogP contribution in [0.4, 0.5) is 18.9 Å². The van der Waals surface area contributed by atoms with Gasteiger partial charge in [0, 0.05) is 20.8 Å². The fourth-order valence-corrected chi connectivity index (χ4v) is 1.70. The second-order valence-electron chi connectivity index (χ2n) is 4.14. The molecule has 0 spiro atoms. The van der Waals surface area contributed by atoms with Crippen LogP contribution >= 0.6 is 11.6 Å². The zero-order valence-corrected chi connectivity index (χ0v) is 12.2. The lowest BCUT2D eigenvalue weighted by Crippen LogP contribution is -2.32. The van der Waals surface area contributed by atoms with Gasteiger partial charge < -0.3 is 14.8 Å². The van der Waals surface area contributed by atoms with Crippen LogP contribution in [-0.2, 0) is 16.0 Å². The number of nitrogens with one attached hydrogen (secondary N) is 1. The lowest BCUT2D eigenvalue weighted by atomic mass is 10.3. The first-order valence-electron chi connectivity index (χ1n) is 5.86. The average molecular weight is 330 g/mol. The summed E-state index contributed by atoms with van der Waals surface area (Å²) in [6.45, 7) is -0.926. The molecule has 0 fully saturated rings. The van der Waals surface area contributed by atoms with Crippen LogP contribution in [0.15, 0.2) is 11.0 Å². The van der Waals surface area contributed by atoms with Crippen molar-refractivity contribution in [1.29, 1.82) is 0 Å². The van der Waals surface area contributed by atoms with Gasteiger partial charge in [-0.05, 0) is 0 Å². The van der Waals surface area contributed by atoms with Crippen LogP contribution < -0.4 is 10.9 Å². The van der Waals surface area contributed by atoms with Gasteiger partial charge in [-0.2, -0.15) is 18.3 Å². The molecule has 21 heavy (non-hydrogen) atoms. The van der Waals surface area contributed by atoms with E-state index in [1.54, 1.807) is 0 Å². The van der Waals surface area contributed by atoms with Crippen molar-refractivity contribution in [3.05, 3.63) is 21.6 Å². The Hall–Kier alpha value is -1.32. The molecular formula is C11H15ClF3N3O3. The number of methoxy groups -OCH3 is 2. The highest BCUT2D eigenvalue weighted by Gasteiger charge is 2.29. The summed E-state index contributed by atoms with van der Waals surface area (Å²) in [5, 5.41) is 5.87. The molecule has 6 nitrogen and oxygen atoms in total. The largest absolute Gasteiger partial charge is 0.408 e. The predicted molar refractivity (Wildman–Crippen MR) is 70.7 cm³/mol. The molecule has 0 aliphatic heterocycles. The van der Waals surface area contributed by atoms with Crippen molar-refractivity contribution in [2.24, 2.45) is 0 Å². The van der Waals surface area contributed by atoms with E-state index in [0.717, 1.165) is 6.20 Å². The maximum absolute atomic E-state index is 12.2. The molecule has 0 radical (unpaired) electrons. The van der Waals surface area contributed by atoms with Crippen LogP contribution in [0.2, 0.25) is 5.02 Å². The molecule has 0 aliphatic carbocycles. The number of halogens is 4. The topological polar surface area (TPSA) is 65.4 Å². The summed E-state index contributed by atoms with van der Waals surface area (Å²) < 4.78 is 47.0. The van der Waals surface area contributed by atoms with E-state index in [2.05, 4.69) is 10.4 Å². The molecule has 0 saturated carbocycles. The Morgan fingerprint density at radius 3 is 2.67 bits per heavy atom. The van der Waals surface area contributed by atoms with E-state index >= 15 is 0 Å². The minimum atomic E-state index is -4.55. The van der Waals surface area contributed by atoms with Gasteiger partial charge in [0.2, 0.25) is 0 Å². The second kappa shape index (κ2) is 7.62. The van der Waals surface area contributed by atoms with E-state index in [1.807, 2.05) is 0 Å². The molecule has 0 bridgehead atoms. The van der Waals surface area contributed by atoms with Gasteiger partial charge in [-0.25, -0.2) is 4.68 Å². The van der Waals surface area contributed by atoms with Gasteiger partial charge in [-0.15, -0.1) is 0 Å². The Labute approximate surface area is 123 Å². The van der Waals surface area contributed by atoms with Gasteiger partial charge in [-0.3, -0.25) is 4.79 Å². The van der Waals surface area contributed by atoms with Crippen LogP contribution in [0.5, 0.6) is 0 Å². The highest BCUT2D eigenvalue weighted by Crippen LogP contribution is 2.19. The summed E-state index contributed by atoms with van der Waals surface area (Å²) in [6.07, 6.45) is -3.78. The Morgan fingerprint density at radius 2 is 2.14 bits per heavy atom. The van der Waals surface area contributed by atoms with Crippen molar-refractivity contribution in [2.75, 3.05) is 32.7 Å². The summed E-state index contributed by atoms with van der Waals surface area (Å²) in [5.41, 5.74) is -0.877. The quantitative estimate of drug-likeness (QED) is 0.822. The van der Waals surface area contributed by atoms with Crippen LogP contribution in [0.25, 0.3) is 0 Å². The van der Waals surface area contributed by atoms with Gasteiger partial charge in [-0.1, -0.05) is 11.6 Å². The van der Waals surface area contributed by atoms with Crippen LogP contribution in [-0.4, -0.2) is 49.4 Å². The van der Waals surface area contributed by atoms with Crippen molar-refractivity contribution in [1.82, 2.24) is 9.78 Å². The van der Waals surface area contributed by atoms with Gasteiger partial charge in [0.1, 0.15) is 11.6 Å². The fraction of sp³-hybridized carbons (Fsp3) is 0.636. The third-order valence-electron chi connectivity index (χ3n) is 2.52. The first kappa shape index (κ1) is 17.7. The number of aromatic nitrogens is 2. The summed E-state index contributed by atoms with van der Waals surface area (Å²) in [4.78, 5) is 11.7. The third-order valence-corrected chi connectivity index (χ3v) is 2.89. The highest BCUT2D eigenvalue weighted by atomic mass is 35.5. The van der Waals surface area contributed by atoms with E-state index in [9.17, 15) is 18.0 Å². The molecule has 0 saturated heterocycles. The van der Waals surface area contributed by atoms with Crippen molar-refractivity contribution in [3.63, 3.8) is 0 Å². The molecule has 1 aromatic rings. The van der Waals surface area contributed by atoms with Crippen molar-refractivity contribution in [2.45, 2.75) is 18.8 Å². The third kappa shape index (κ3) is 5.52. The SMILES string of the molecule is COCC(CNc1cnn(CC(F)(F)F)c(=O)c1Cl)OC. The number of anilines is 1. The zero-order valence-electron chi connectivity index (χ0n) is 11.4. The minimum Gasteiger partial charge on any atom is -0.382 e. The van der Waals surface area contributed by atoms with Gasteiger partial charge >= 0.3 is 6.18 Å². The predicted octanol–water partition coefficient (Wildman–Crippen LogP) is 1.53. The number of hydrogen-bond donors (Lipinski definition) is 1. The van der Waals surface area contributed by atoms with E-state index < -0.39 is 18.3 Å². The Kier molecular flexibility index (Phi) is 6.43. The lowest BCUT2D eigenvalue weighted by molar-refractivity contribution is -0.143. The molecule has 1 aromatic heterocycles. The number of ether oxygens (including phenoxy) is 2. The molecule has 0 aliphatic rings. The normalized spacial score (nSPS) is 13.2. The molecule has 0 aromatic carbocycles. The fourth-order valence-electron chi connectivity index (χ4n) is 1.49. The maximum atomic E-state index is 12.2. The first-order chi connectivity index (χ1) is 9.78. The molecular weight excluding hydrogens is 315 g/mol. The van der Waals surface area contributed by atoms with Crippen LogP contribution in [0.3, 0.4) is 0 Å². The maximum Gasteiger partial charge on any atom is 0.408 e. The van der Waals surface area contributed by atoms with E-state index in [-0.39, 0.29) is 28.0 Å². The van der Waals surface area contributed by atoms with E-state index in [0.29, 0.717) is 6.61 Å². The summed E-state index contributed by atoms with van der Waals surface area (Å²) in [6, 6.07) is 0. The number of hydrogen-bond acceptors (Lipinski definition) is 5. The molecule has 120 valence electrons. The Balaban J connectivity index is 2.82. The molecule has 1 N–H and O–H groups in total. The van der Waals surface area contributed by atoms with Gasteiger partial charge in [0.05, 0.1) is 24.6 Å². The second-order valence-corrected chi connectivity index (χ2v) is 4.52. The number of rotatable bonds is 7. The van der Waals surface area contributed by atoms with Crippen molar-refractivity contribution >= 4 is 17.3 Å². The molecule has 1 atom stereocenters.